The molecular formula is C17H25FN2O2. The van der Waals surface area contributed by atoms with Gasteiger partial charge in [0, 0.05) is 17.5 Å². The van der Waals surface area contributed by atoms with Crippen molar-refractivity contribution in [1.82, 2.24) is 4.90 Å². The molecule has 5 heteroatoms. The first-order chi connectivity index (χ1) is 10.5. The third-order valence-electron chi connectivity index (χ3n) is 5.59. The van der Waals surface area contributed by atoms with Crippen molar-refractivity contribution in [2.45, 2.75) is 43.2 Å². The zero-order valence-corrected chi connectivity index (χ0v) is 13.6. The summed E-state index contributed by atoms with van der Waals surface area (Å²) in [5, 5.41) is 0. The number of methoxy groups -OCH3 is 2. The summed E-state index contributed by atoms with van der Waals surface area (Å²) in [4.78, 5) is 2.33. The summed E-state index contributed by atoms with van der Waals surface area (Å²) in [5.74, 6) is 0.366. The van der Waals surface area contributed by atoms with Crippen molar-refractivity contribution in [1.29, 1.82) is 0 Å². The van der Waals surface area contributed by atoms with Gasteiger partial charge in [0.05, 0.1) is 14.2 Å². The number of ether oxygens (including phenoxy) is 2. The van der Waals surface area contributed by atoms with Gasteiger partial charge in [-0.25, -0.2) is 4.39 Å². The van der Waals surface area contributed by atoms with Gasteiger partial charge >= 0.3 is 0 Å². The Bertz CT molecular complexity index is 566. The van der Waals surface area contributed by atoms with E-state index in [4.69, 9.17) is 15.2 Å². The Kier molecular flexibility index (Phi) is 4.03. The van der Waals surface area contributed by atoms with Crippen molar-refractivity contribution in [3.63, 3.8) is 0 Å². The topological polar surface area (TPSA) is 47.7 Å². The number of hydrogen-bond donors (Lipinski definition) is 1. The molecule has 4 nitrogen and oxygen atoms in total. The Morgan fingerprint density at radius 3 is 2.73 bits per heavy atom. The van der Waals surface area contributed by atoms with Crippen molar-refractivity contribution < 1.29 is 13.9 Å². The molecule has 0 radical (unpaired) electrons. The van der Waals surface area contributed by atoms with Crippen LogP contribution in [0.4, 0.5) is 4.39 Å². The van der Waals surface area contributed by atoms with Crippen molar-refractivity contribution >= 4 is 0 Å². The average Bonchev–Trinajstić information content (AvgIpc) is 2.85. The van der Waals surface area contributed by atoms with Crippen LogP contribution >= 0.6 is 0 Å². The standard InChI is InChI=1S/C17H25FN2O2/c1-20-9-8-17(7-6-11(19)10-14(17)20)12-4-5-13(21-2)16(22-3)15(12)18/h4-5,11,14H,6-10,19H2,1-3H3. The highest BCUT2D eigenvalue weighted by Gasteiger charge is 2.51. The second-order valence-corrected chi connectivity index (χ2v) is 6.60. The quantitative estimate of drug-likeness (QED) is 0.931. The van der Waals surface area contributed by atoms with E-state index in [-0.39, 0.29) is 23.0 Å². The van der Waals surface area contributed by atoms with E-state index in [9.17, 15) is 0 Å². The highest BCUT2D eigenvalue weighted by molar-refractivity contribution is 5.48. The third-order valence-corrected chi connectivity index (χ3v) is 5.59. The van der Waals surface area contributed by atoms with E-state index in [1.165, 1.54) is 14.2 Å². The maximum atomic E-state index is 15.1. The fraction of sp³-hybridized carbons (Fsp3) is 0.647. The Balaban J connectivity index is 2.09. The maximum Gasteiger partial charge on any atom is 0.197 e. The summed E-state index contributed by atoms with van der Waals surface area (Å²) in [6, 6.07) is 4.20. The summed E-state index contributed by atoms with van der Waals surface area (Å²) in [7, 11) is 5.13. The lowest BCUT2D eigenvalue weighted by Crippen LogP contribution is -2.49. The molecule has 0 bridgehead atoms. The molecule has 3 unspecified atom stereocenters. The third kappa shape index (κ3) is 2.18. The van der Waals surface area contributed by atoms with E-state index in [1.807, 2.05) is 12.1 Å². The molecule has 1 aromatic carbocycles. The molecule has 1 heterocycles. The Morgan fingerprint density at radius 1 is 1.27 bits per heavy atom. The molecule has 2 N–H and O–H groups in total. The van der Waals surface area contributed by atoms with Crippen LogP contribution in [-0.2, 0) is 5.41 Å². The minimum Gasteiger partial charge on any atom is -0.493 e. The predicted molar refractivity (Wildman–Crippen MR) is 84.0 cm³/mol. The van der Waals surface area contributed by atoms with Gasteiger partial charge in [0.15, 0.2) is 17.3 Å². The molecule has 1 saturated carbocycles. The fourth-order valence-electron chi connectivity index (χ4n) is 4.39. The molecule has 0 aromatic heterocycles. The van der Waals surface area contributed by atoms with Crippen molar-refractivity contribution in [3.8, 4) is 11.5 Å². The van der Waals surface area contributed by atoms with Crippen LogP contribution in [0.3, 0.4) is 0 Å². The van der Waals surface area contributed by atoms with Gasteiger partial charge in [-0.15, -0.1) is 0 Å². The van der Waals surface area contributed by atoms with E-state index < -0.39 is 0 Å². The predicted octanol–water partition coefficient (Wildman–Crippen LogP) is 2.30. The number of rotatable bonds is 3. The summed E-state index contributed by atoms with van der Waals surface area (Å²) in [5.41, 5.74) is 6.76. The lowest BCUT2D eigenvalue weighted by atomic mass is 9.65. The lowest BCUT2D eigenvalue weighted by molar-refractivity contribution is 0.163. The van der Waals surface area contributed by atoms with Crippen LogP contribution < -0.4 is 15.2 Å². The second kappa shape index (κ2) is 5.70. The molecule has 2 aliphatic rings. The molecule has 0 amide bonds. The normalized spacial score (nSPS) is 31.9. The monoisotopic (exact) mass is 308 g/mol. The van der Waals surface area contributed by atoms with E-state index in [0.717, 1.165) is 37.8 Å². The van der Waals surface area contributed by atoms with E-state index in [0.29, 0.717) is 11.8 Å². The van der Waals surface area contributed by atoms with Crippen LogP contribution in [0.1, 0.15) is 31.2 Å². The van der Waals surface area contributed by atoms with E-state index in [1.54, 1.807) is 0 Å². The molecule has 1 aliphatic carbocycles. The molecule has 22 heavy (non-hydrogen) atoms. The number of benzene rings is 1. The van der Waals surface area contributed by atoms with Crippen LogP contribution in [-0.4, -0.2) is 44.8 Å². The Labute approximate surface area is 131 Å². The van der Waals surface area contributed by atoms with Crippen molar-refractivity contribution in [3.05, 3.63) is 23.5 Å². The van der Waals surface area contributed by atoms with Gasteiger partial charge in [0.1, 0.15) is 0 Å². The van der Waals surface area contributed by atoms with E-state index >= 15 is 4.39 Å². The zero-order valence-electron chi connectivity index (χ0n) is 13.6. The first kappa shape index (κ1) is 15.6. The SMILES string of the molecule is COc1ccc(C23CCC(N)CC2N(C)CC3)c(F)c1OC. The minimum atomic E-state index is -0.280. The minimum absolute atomic E-state index is 0.158. The van der Waals surface area contributed by atoms with Crippen LogP contribution in [0.5, 0.6) is 11.5 Å². The number of likely N-dealkylation sites (tertiary alicyclic amines) is 1. The summed E-state index contributed by atoms with van der Waals surface area (Å²) < 4.78 is 25.6. The number of halogens is 1. The second-order valence-electron chi connectivity index (χ2n) is 6.60. The molecule has 1 saturated heterocycles. The van der Waals surface area contributed by atoms with Crippen LogP contribution in [0.15, 0.2) is 12.1 Å². The average molecular weight is 308 g/mol. The number of nitrogens with zero attached hydrogens (tertiary/aromatic N) is 1. The number of fused-ring (bicyclic) bond motifs is 1. The van der Waals surface area contributed by atoms with Gasteiger partial charge in [-0.3, -0.25) is 0 Å². The maximum absolute atomic E-state index is 15.1. The summed E-state index contributed by atoms with van der Waals surface area (Å²) >= 11 is 0. The molecule has 1 aliphatic heterocycles. The molecule has 3 atom stereocenters. The summed E-state index contributed by atoms with van der Waals surface area (Å²) in [6.45, 7) is 0.977. The Morgan fingerprint density at radius 2 is 2.05 bits per heavy atom. The van der Waals surface area contributed by atoms with Gasteiger partial charge in [-0.1, -0.05) is 6.07 Å². The van der Waals surface area contributed by atoms with Crippen LogP contribution in [0.25, 0.3) is 0 Å². The number of nitrogens with two attached hydrogens (primary N) is 1. The van der Waals surface area contributed by atoms with E-state index in [2.05, 4.69) is 11.9 Å². The molecule has 122 valence electrons. The number of likely N-dealkylation sites (N-methyl/N-ethyl adjacent to an activating group) is 1. The summed E-state index contributed by atoms with van der Waals surface area (Å²) in [6.07, 6.45) is 3.76. The van der Waals surface area contributed by atoms with Crippen molar-refractivity contribution in [2.75, 3.05) is 27.8 Å². The molecule has 0 spiro atoms. The van der Waals surface area contributed by atoms with Crippen LogP contribution in [0.2, 0.25) is 0 Å². The number of hydrogen-bond acceptors (Lipinski definition) is 4. The smallest absolute Gasteiger partial charge is 0.197 e. The molecule has 3 rings (SSSR count). The highest BCUT2D eigenvalue weighted by atomic mass is 19.1. The highest BCUT2D eigenvalue weighted by Crippen LogP contribution is 2.50. The van der Waals surface area contributed by atoms with Crippen molar-refractivity contribution in [2.24, 2.45) is 5.73 Å². The molecule has 2 fully saturated rings. The van der Waals surface area contributed by atoms with Gasteiger partial charge in [-0.05, 0) is 50.9 Å². The van der Waals surface area contributed by atoms with Gasteiger partial charge in [0.2, 0.25) is 0 Å². The molecular weight excluding hydrogens is 283 g/mol. The van der Waals surface area contributed by atoms with Gasteiger partial charge in [-0.2, -0.15) is 0 Å². The lowest BCUT2D eigenvalue weighted by Gasteiger charge is -2.44. The van der Waals surface area contributed by atoms with Gasteiger partial charge in [0.25, 0.3) is 0 Å². The zero-order chi connectivity index (χ0) is 15.9. The first-order valence-electron chi connectivity index (χ1n) is 7.90. The molecule has 1 aromatic rings. The van der Waals surface area contributed by atoms with Crippen LogP contribution in [0, 0.1) is 5.82 Å². The fourth-order valence-corrected chi connectivity index (χ4v) is 4.39. The first-order valence-corrected chi connectivity index (χ1v) is 7.90. The van der Waals surface area contributed by atoms with Gasteiger partial charge < -0.3 is 20.1 Å². The Hall–Kier alpha value is -1.33. The largest absolute Gasteiger partial charge is 0.493 e.